The first kappa shape index (κ1) is 22.1. The number of rotatable bonds is 7. The maximum Gasteiger partial charge on any atom is 0.481 e. The van der Waals surface area contributed by atoms with Crippen molar-refractivity contribution in [3.05, 3.63) is 22.2 Å². The monoisotopic (exact) mass is 433 g/mol. The van der Waals surface area contributed by atoms with E-state index in [-0.39, 0.29) is 11.4 Å². The Labute approximate surface area is 150 Å². The van der Waals surface area contributed by atoms with Crippen LogP contribution in [0.2, 0.25) is 0 Å². The van der Waals surface area contributed by atoms with Crippen LogP contribution in [0.15, 0.2) is 11.0 Å². The molecule has 1 aromatic rings. The summed E-state index contributed by atoms with van der Waals surface area (Å²) in [5.41, 5.74) is 4.51. The zero-order valence-electron chi connectivity index (χ0n) is 13.3. The predicted octanol–water partition coefficient (Wildman–Crippen LogP) is -2.84. The van der Waals surface area contributed by atoms with Crippen molar-refractivity contribution in [2.45, 2.75) is 31.1 Å². The van der Waals surface area contributed by atoms with Crippen LogP contribution >= 0.6 is 15.6 Å². The number of aliphatic hydroxyl groups excluding tert-OH is 3. The fourth-order valence-corrected chi connectivity index (χ4v) is 3.85. The zero-order chi connectivity index (χ0) is 20.6. The third-order valence-corrected chi connectivity index (χ3v) is 5.61. The summed E-state index contributed by atoms with van der Waals surface area (Å²) < 4.78 is 35.8. The average molecular weight is 433 g/mol. The van der Waals surface area contributed by atoms with Gasteiger partial charge in [0.25, 0.3) is 0 Å². The van der Waals surface area contributed by atoms with E-state index in [2.05, 4.69) is 13.8 Å². The van der Waals surface area contributed by atoms with E-state index in [1.54, 1.807) is 0 Å². The molecule has 0 aliphatic carbocycles. The molecule has 8 N–H and O–H groups in total. The van der Waals surface area contributed by atoms with Gasteiger partial charge in [-0.3, -0.25) is 9.09 Å². The molecule has 0 bridgehead atoms. The van der Waals surface area contributed by atoms with Crippen LogP contribution in [-0.2, 0) is 29.3 Å². The summed E-state index contributed by atoms with van der Waals surface area (Å²) in [6.07, 6.45) is -5.38. The van der Waals surface area contributed by atoms with Crippen LogP contribution in [0.5, 0.6) is 0 Å². The molecule has 1 aliphatic rings. The summed E-state index contributed by atoms with van der Waals surface area (Å²) in [7, 11) is -10.5. The highest BCUT2D eigenvalue weighted by Crippen LogP contribution is 2.57. The van der Waals surface area contributed by atoms with Crippen LogP contribution in [0, 0.1) is 0 Å². The molecule has 0 radical (unpaired) electrons. The molecule has 0 aromatic carbocycles. The van der Waals surface area contributed by atoms with Crippen molar-refractivity contribution in [2.75, 3.05) is 12.3 Å². The Hall–Kier alpha value is -1.22. The highest BCUT2D eigenvalue weighted by molar-refractivity contribution is 7.60. The highest BCUT2D eigenvalue weighted by atomic mass is 31.3. The van der Waals surface area contributed by atoms with Crippen molar-refractivity contribution in [1.29, 1.82) is 0 Å². The first-order valence-corrected chi connectivity index (χ1v) is 10.1. The first-order valence-electron chi connectivity index (χ1n) is 7.09. The third kappa shape index (κ3) is 5.40. The quantitative estimate of drug-likeness (QED) is 0.214. The van der Waals surface area contributed by atoms with Crippen LogP contribution < -0.4 is 11.4 Å². The number of nitrogens with two attached hydrogens (primary N) is 1. The smallest absolute Gasteiger partial charge is 0.391 e. The standard InChI is InChI=1S/C10H17N3O12P2/c11-8-4(2-14)1-13(10(17)12-8)9-7(16)6(15)5(24-9)3-23-27(21,22)25-26(18,19)20/h1,5-7,9,14-16H,2-3H2,(H,21,22)(H2,11,12,17)(H2,18,19,20)/t5-,6-,7-,9-/m1/s1. The van der Waals surface area contributed by atoms with Gasteiger partial charge in [-0.1, -0.05) is 0 Å². The lowest BCUT2D eigenvalue weighted by molar-refractivity contribution is -0.0543. The van der Waals surface area contributed by atoms with Gasteiger partial charge >= 0.3 is 21.3 Å². The molecule has 0 amide bonds. The van der Waals surface area contributed by atoms with Crippen molar-refractivity contribution in [1.82, 2.24) is 9.55 Å². The second-order valence-corrected chi connectivity index (χ2v) is 8.21. The second kappa shape index (κ2) is 8.03. The number of phosphoric acid groups is 2. The number of hydrogen-bond donors (Lipinski definition) is 7. The molecule has 2 heterocycles. The normalized spacial score (nSPS) is 28.2. The Kier molecular flexibility index (Phi) is 6.56. The summed E-state index contributed by atoms with van der Waals surface area (Å²) in [5.74, 6) is -0.248. The lowest BCUT2D eigenvalue weighted by Crippen LogP contribution is -2.36. The number of anilines is 1. The molecule has 1 aliphatic heterocycles. The first-order chi connectivity index (χ1) is 12.3. The van der Waals surface area contributed by atoms with Crippen molar-refractivity contribution in [2.24, 2.45) is 0 Å². The molecule has 17 heteroatoms. The molecule has 1 aromatic heterocycles. The van der Waals surface area contributed by atoms with E-state index in [4.69, 9.17) is 25.4 Å². The maximum absolute atomic E-state index is 11.9. The average Bonchev–Trinajstić information content (AvgIpc) is 2.79. The molecule has 2 rings (SSSR count). The van der Waals surface area contributed by atoms with Crippen molar-refractivity contribution < 1.29 is 52.7 Å². The Morgan fingerprint density at radius 3 is 2.44 bits per heavy atom. The Morgan fingerprint density at radius 2 is 1.89 bits per heavy atom. The van der Waals surface area contributed by atoms with E-state index in [1.165, 1.54) is 0 Å². The summed E-state index contributed by atoms with van der Waals surface area (Å²) in [6.45, 7) is -1.50. The largest absolute Gasteiger partial charge is 0.481 e. The molecule has 1 fully saturated rings. The van der Waals surface area contributed by atoms with Gasteiger partial charge in [0.05, 0.1) is 13.2 Å². The Morgan fingerprint density at radius 1 is 1.26 bits per heavy atom. The number of ether oxygens (including phenoxy) is 1. The Balaban J connectivity index is 2.16. The van der Waals surface area contributed by atoms with Crippen molar-refractivity contribution >= 4 is 21.5 Å². The lowest BCUT2D eigenvalue weighted by atomic mass is 10.1. The van der Waals surface area contributed by atoms with Gasteiger partial charge in [0.1, 0.15) is 24.1 Å². The number of nitrogens with zero attached hydrogens (tertiary/aromatic N) is 2. The van der Waals surface area contributed by atoms with Gasteiger partial charge in [-0.25, -0.2) is 13.9 Å². The minimum Gasteiger partial charge on any atom is -0.391 e. The van der Waals surface area contributed by atoms with Crippen LogP contribution in [0.3, 0.4) is 0 Å². The van der Waals surface area contributed by atoms with Crippen LogP contribution in [-0.4, -0.2) is 64.5 Å². The van der Waals surface area contributed by atoms with Crippen molar-refractivity contribution in [3.8, 4) is 0 Å². The fraction of sp³-hybridized carbons (Fsp3) is 0.600. The number of hydrogen-bond acceptors (Lipinski definition) is 11. The summed E-state index contributed by atoms with van der Waals surface area (Å²) in [4.78, 5) is 41.6. The molecular formula is C10H17N3O12P2. The van der Waals surface area contributed by atoms with Crippen LogP contribution in [0.25, 0.3) is 0 Å². The van der Waals surface area contributed by atoms with Crippen LogP contribution in [0.4, 0.5) is 5.82 Å². The van der Waals surface area contributed by atoms with Gasteiger partial charge < -0.3 is 40.5 Å². The van der Waals surface area contributed by atoms with E-state index in [1.807, 2.05) is 0 Å². The van der Waals surface area contributed by atoms with Gasteiger partial charge in [0.2, 0.25) is 0 Å². The number of aromatic nitrogens is 2. The van der Waals surface area contributed by atoms with Gasteiger partial charge in [-0.15, -0.1) is 0 Å². The molecule has 27 heavy (non-hydrogen) atoms. The lowest BCUT2D eigenvalue weighted by Gasteiger charge is -2.18. The van der Waals surface area contributed by atoms with Gasteiger partial charge in [-0.2, -0.15) is 9.29 Å². The van der Waals surface area contributed by atoms with E-state index in [0.717, 1.165) is 10.8 Å². The Bertz CT molecular complexity index is 839. The fourth-order valence-electron chi connectivity index (χ4n) is 2.25. The summed E-state index contributed by atoms with van der Waals surface area (Å²) in [5, 5.41) is 29.2. The van der Waals surface area contributed by atoms with E-state index < -0.39 is 59.1 Å². The molecule has 1 unspecified atom stereocenters. The van der Waals surface area contributed by atoms with Gasteiger partial charge in [-0.05, 0) is 0 Å². The minimum absolute atomic E-state index is 0.0366. The summed E-state index contributed by atoms with van der Waals surface area (Å²) >= 11 is 0. The van der Waals surface area contributed by atoms with Crippen LogP contribution in [0.1, 0.15) is 11.8 Å². The molecule has 5 atom stereocenters. The van der Waals surface area contributed by atoms with E-state index >= 15 is 0 Å². The molecule has 1 saturated heterocycles. The van der Waals surface area contributed by atoms with E-state index in [0.29, 0.717) is 0 Å². The van der Waals surface area contributed by atoms with Crippen molar-refractivity contribution in [3.63, 3.8) is 0 Å². The van der Waals surface area contributed by atoms with Gasteiger partial charge in [0.15, 0.2) is 6.23 Å². The number of aliphatic hydroxyl groups is 3. The molecule has 15 nitrogen and oxygen atoms in total. The molecule has 0 saturated carbocycles. The highest BCUT2D eigenvalue weighted by Gasteiger charge is 2.46. The van der Waals surface area contributed by atoms with Gasteiger partial charge in [0, 0.05) is 11.8 Å². The summed E-state index contributed by atoms with van der Waals surface area (Å²) in [6, 6.07) is 0. The SMILES string of the molecule is Nc1nc(=O)n([C@@H]2O[C@H](COP(=O)(O)OP(=O)(O)O)[C@@H](O)[C@H]2O)cc1CO. The predicted molar refractivity (Wildman–Crippen MR) is 83.7 cm³/mol. The maximum atomic E-state index is 11.9. The topological polar surface area (TPSA) is 244 Å². The number of nitrogen functional groups attached to an aromatic ring is 1. The third-order valence-electron chi connectivity index (χ3n) is 3.45. The second-order valence-electron chi connectivity index (χ2n) is 5.38. The number of phosphoric ester groups is 1. The van der Waals surface area contributed by atoms with E-state index in [9.17, 15) is 29.0 Å². The zero-order valence-corrected chi connectivity index (χ0v) is 15.1. The minimum atomic E-state index is -5.34. The molecular weight excluding hydrogens is 416 g/mol. The molecule has 154 valence electrons. The molecule has 0 spiro atoms.